The maximum Gasteiger partial charge on any atom is 0.226 e. The van der Waals surface area contributed by atoms with Gasteiger partial charge in [-0.2, -0.15) is 5.10 Å². The van der Waals surface area contributed by atoms with Crippen molar-refractivity contribution >= 4 is 22.5 Å². The van der Waals surface area contributed by atoms with E-state index in [0.717, 1.165) is 46.7 Å². The monoisotopic (exact) mass is 336 g/mol. The Hall–Kier alpha value is -2.56. The third-order valence-corrected chi connectivity index (χ3v) is 5.32. The Morgan fingerprint density at radius 3 is 3.00 bits per heavy atom. The maximum atomic E-state index is 11.9. The molecule has 4 rings (SSSR count). The molecule has 1 amide bonds. The molecule has 3 aromatic rings. The van der Waals surface area contributed by atoms with E-state index in [0.29, 0.717) is 6.42 Å². The Kier molecular flexibility index (Phi) is 3.86. The molecule has 1 aliphatic rings. The van der Waals surface area contributed by atoms with Crippen molar-refractivity contribution in [2.75, 3.05) is 11.9 Å². The average molecular weight is 336 g/mol. The van der Waals surface area contributed by atoms with Crippen LogP contribution in [-0.4, -0.2) is 28.1 Å². The smallest absolute Gasteiger partial charge is 0.226 e. The number of carbonyl (C=O) groups is 1. The Bertz CT molecular complexity index is 936. The maximum absolute atomic E-state index is 11.9. The van der Waals surface area contributed by atoms with Crippen LogP contribution >= 0.6 is 0 Å². The molecule has 1 unspecified atom stereocenters. The van der Waals surface area contributed by atoms with Crippen molar-refractivity contribution in [2.24, 2.45) is 5.92 Å². The van der Waals surface area contributed by atoms with E-state index in [-0.39, 0.29) is 5.91 Å². The third kappa shape index (κ3) is 2.73. The van der Waals surface area contributed by atoms with Crippen LogP contribution in [0.1, 0.15) is 37.9 Å². The highest BCUT2D eigenvalue weighted by molar-refractivity contribution is 5.96. The molecule has 0 fully saturated rings. The van der Waals surface area contributed by atoms with E-state index in [2.05, 4.69) is 34.2 Å². The van der Waals surface area contributed by atoms with E-state index in [9.17, 15) is 4.79 Å². The first-order chi connectivity index (χ1) is 12.1. The normalized spacial score (nSPS) is 16.8. The molecule has 1 aromatic carbocycles. The van der Waals surface area contributed by atoms with Gasteiger partial charge >= 0.3 is 0 Å². The number of fused-ring (bicyclic) bond motifs is 2. The van der Waals surface area contributed by atoms with Crippen LogP contribution in [0.4, 0.5) is 5.69 Å². The first-order valence-electron chi connectivity index (χ1n) is 9.02. The standard InChI is InChI=1S/C20H24N4O/c1-4-19(25)24(3)14-7-6-13-10-18(21-16(13)11-14)20-15-8-5-12(2)9-17(15)22-23-20/h6-7,10-12,21H,4-5,8-9H2,1-3H3,(H,22,23). The molecule has 1 atom stereocenters. The summed E-state index contributed by atoms with van der Waals surface area (Å²) in [5, 5.41) is 8.94. The Morgan fingerprint density at radius 1 is 1.36 bits per heavy atom. The zero-order valence-electron chi connectivity index (χ0n) is 15.0. The summed E-state index contributed by atoms with van der Waals surface area (Å²) in [4.78, 5) is 17.1. The van der Waals surface area contributed by atoms with Crippen LogP contribution in [0.3, 0.4) is 0 Å². The van der Waals surface area contributed by atoms with Gasteiger partial charge in [-0.3, -0.25) is 9.89 Å². The minimum atomic E-state index is 0.113. The molecule has 0 spiro atoms. The molecule has 2 N–H and O–H groups in total. The molecule has 0 saturated carbocycles. The number of carbonyl (C=O) groups excluding carboxylic acids is 1. The summed E-state index contributed by atoms with van der Waals surface area (Å²) in [5.41, 5.74) is 6.65. The number of benzene rings is 1. The van der Waals surface area contributed by atoms with E-state index in [1.165, 1.54) is 17.7 Å². The predicted molar refractivity (Wildman–Crippen MR) is 101 cm³/mol. The zero-order valence-corrected chi connectivity index (χ0v) is 15.0. The van der Waals surface area contributed by atoms with Crippen LogP contribution in [0.2, 0.25) is 0 Å². The lowest BCUT2D eigenvalue weighted by molar-refractivity contribution is -0.118. The lowest BCUT2D eigenvalue weighted by Crippen LogP contribution is -2.24. The number of aromatic nitrogens is 3. The molecule has 2 aromatic heterocycles. The van der Waals surface area contributed by atoms with E-state index < -0.39 is 0 Å². The number of hydrogen-bond donors (Lipinski definition) is 2. The number of amides is 1. The van der Waals surface area contributed by atoms with Gasteiger partial charge < -0.3 is 9.88 Å². The molecule has 25 heavy (non-hydrogen) atoms. The first kappa shape index (κ1) is 15.9. The highest BCUT2D eigenvalue weighted by atomic mass is 16.2. The van der Waals surface area contributed by atoms with Gasteiger partial charge in [0.1, 0.15) is 5.69 Å². The van der Waals surface area contributed by atoms with Crippen LogP contribution in [0.5, 0.6) is 0 Å². The fourth-order valence-electron chi connectivity index (χ4n) is 3.74. The second-order valence-corrected chi connectivity index (χ2v) is 7.14. The number of aromatic amines is 2. The lowest BCUT2D eigenvalue weighted by atomic mass is 9.88. The third-order valence-electron chi connectivity index (χ3n) is 5.32. The van der Waals surface area contributed by atoms with Gasteiger partial charge in [0, 0.05) is 41.3 Å². The lowest BCUT2D eigenvalue weighted by Gasteiger charge is -2.17. The van der Waals surface area contributed by atoms with Gasteiger partial charge in [-0.05, 0) is 43.4 Å². The van der Waals surface area contributed by atoms with Crippen molar-refractivity contribution in [1.29, 1.82) is 0 Å². The van der Waals surface area contributed by atoms with Gasteiger partial charge in [0.15, 0.2) is 0 Å². The predicted octanol–water partition coefficient (Wildman–Crippen LogP) is 4.06. The summed E-state index contributed by atoms with van der Waals surface area (Å²) in [6.45, 7) is 4.17. The second kappa shape index (κ2) is 6.06. The quantitative estimate of drug-likeness (QED) is 0.757. The van der Waals surface area contributed by atoms with Crippen molar-refractivity contribution in [3.8, 4) is 11.4 Å². The molecule has 0 saturated heterocycles. The molecule has 0 radical (unpaired) electrons. The van der Waals surface area contributed by atoms with Crippen molar-refractivity contribution < 1.29 is 4.79 Å². The van der Waals surface area contributed by atoms with Crippen LogP contribution in [0, 0.1) is 5.92 Å². The molecule has 2 heterocycles. The first-order valence-corrected chi connectivity index (χ1v) is 9.02. The molecule has 1 aliphatic carbocycles. The van der Waals surface area contributed by atoms with E-state index in [1.807, 2.05) is 26.1 Å². The van der Waals surface area contributed by atoms with Crippen molar-refractivity contribution in [2.45, 2.75) is 39.5 Å². The summed E-state index contributed by atoms with van der Waals surface area (Å²) in [6, 6.07) is 8.24. The van der Waals surface area contributed by atoms with Crippen LogP contribution in [0.25, 0.3) is 22.3 Å². The van der Waals surface area contributed by atoms with Crippen molar-refractivity contribution in [3.63, 3.8) is 0 Å². The molecule has 130 valence electrons. The van der Waals surface area contributed by atoms with Gasteiger partial charge in [0.2, 0.25) is 5.91 Å². The Morgan fingerprint density at radius 2 is 2.20 bits per heavy atom. The second-order valence-electron chi connectivity index (χ2n) is 7.14. The molecule has 5 nitrogen and oxygen atoms in total. The van der Waals surface area contributed by atoms with E-state index >= 15 is 0 Å². The highest BCUT2D eigenvalue weighted by Crippen LogP contribution is 2.33. The van der Waals surface area contributed by atoms with Crippen LogP contribution < -0.4 is 4.90 Å². The van der Waals surface area contributed by atoms with Crippen LogP contribution in [-0.2, 0) is 17.6 Å². The molecular weight excluding hydrogens is 312 g/mol. The molecule has 0 aliphatic heterocycles. The van der Waals surface area contributed by atoms with Gasteiger partial charge in [0.25, 0.3) is 0 Å². The largest absolute Gasteiger partial charge is 0.353 e. The average Bonchev–Trinajstić information content (AvgIpc) is 3.22. The highest BCUT2D eigenvalue weighted by Gasteiger charge is 2.22. The van der Waals surface area contributed by atoms with Gasteiger partial charge in [-0.15, -0.1) is 0 Å². The van der Waals surface area contributed by atoms with E-state index in [4.69, 9.17) is 0 Å². The minimum absolute atomic E-state index is 0.113. The minimum Gasteiger partial charge on any atom is -0.353 e. The molecule has 0 bridgehead atoms. The van der Waals surface area contributed by atoms with Gasteiger partial charge in [0.05, 0.1) is 5.69 Å². The summed E-state index contributed by atoms with van der Waals surface area (Å²) in [7, 11) is 1.82. The number of nitrogens with zero attached hydrogens (tertiary/aromatic N) is 2. The number of H-pyrrole nitrogens is 2. The summed E-state index contributed by atoms with van der Waals surface area (Å²) in [6.07, 6.45) is 3.88. The number of nitrogens with one attached hydrogen (secondary N) is 2. The summed E-state index contributed by atoms with van der Waals surface area (Å²) < 4.78 is 0. The zero-order chi connectivity index (χ0) is 17.6. The van der Waals surface area contributed by atoms with E-state index in [1.54, 1.807) is 4.90 Å². The fourth-order valence-corrected chi connectivity index (χ4v) is 3.74. The fraction of sp³-hybridized carbons (Fsp3) is 0.400. The number of hydrogen-bond acceptors (Lipinski definition) is 2. The molecule has 5 heteroatoms. The van der Waals surface area contributed by atoms with Crippen LogP contribution in [0.15, 0.2) is 24.3 Å². The van der Waals surface area contributed by atoms with Crippen molar-refractivity contribution in [1.82, 2.24) is 15.2 Å². The summed E-state index contributed by atoms with van der Waals surface area (Å²) in [5.74, 6) is 0.833. The Labute approximate surface area is 147 Å². The SMILES string of the molecule is CCC(=O)N(C)c1ccc2cc(-c3n[nH]c4c3CCC(C)C4)[nH]c2c1. The Balaban J connectivity index is 1.72. The van der Waals surface area contributed by atoms with Gasteiger partial charge in [-0.25, -0.2) is 0 Å². The molecular formula is C20H24N4O. The van der Waals surface area contributed by atoms with Gasteiger partial charge in [-0.1, -0.05) is 19.9 Å². The summed E-state index contributed by atoms with van der Waals surface area (Å²) >= 11 is 0. The van der Waals surface area contributed by atoms with Crippen molar-refractivity contribution in [3.05, 3.63) is 35.5 Å². The number of anilines is 1. The topological polar surface area (TPSA) is 64.8 Å². The number of rotatable bonds is 3.